The number of carbonyl (C=O) groups excluding carboxylic acids is 2. The molecule has 0 aromatic heterocycles. The van der Waals surface area contributed by atoms with Gasteiger partial charge in [-0.25, -0.2) is 0 Å². The van der Waals surface area contributed by atoms with E-state index in [-0.39, 0.29) is 35.9 Å². The van der Waals surface area contributed by atoms with Crippen LogP contribution in [-0.2, 0) is 14.3 Å². The monoisotopic (exact) mass is 221 g/mol. The van der Waals surface area contributed by atoms with Crippen molar-refractivity contribution < 1.29 is 14.3 Å². The summed E-state index contributed by atoms with van der Waals surface area (Å²) in [6.07, 6.45) is 5.41. The van der Waals surface area contributed by atoms with Gasteiger partial charge in [0, 0.05) is 6.54 Å². The average Bonchev–Trinajstić information content (AvgIpc) is 2.92. The number of hydrogen-bond donors (Lipinski definition) is 0. The zero-order valence-corrected chi connectivity index (χ0v) is 9.26. The normalized spacial score (nSPS) is 39.9. The van der Waals surface area contributed by atoms with Crippen LogP contribution in [0.2, 0.25) is 0 Å². The standard InChI is InChI=1S/C12H15NO3/c1-2-3-6-13-11(14)9-7-4-5-8(16-7)10(9)12(13)15/h4-5,7-10H,2-3,6H2,1H3. The van der Waals surface area contributed by atoms with E-state index < -0.39 is 0 Å². The maximum Gasteiger partial charge on any atom is 0.236 e. The Labute approximate surface area is 94.2 Å². The first-order chi connectivity index (χ1) is 7.74. The third-order valence-corrected chi connectivity index (χ3v) is 3.74. The minimum atomic E-state index is -0.237. The highest BCUT2D eigenvalue weighted by Crippen LogP contribution is 2.44. The highest BCUT2D eigenvalue weighted by Gasteiger charge is 2.60. The highest BCUT2D eigenvalue weighted by molar-refractivity contribution is 6.06. The number of likely N-dealkylation sites (tertiary alicyclic amines) is 1. The van der Waals surface area contributed by atoms with Gasteiger partial charge >= 0.3 is 0 Å². The van der Waals surface area contributed by atoms with Gasteiger partial charge in [0.2, 0.25) is 11.8 Å². The third-order valence-electron chi connectivity index (χ3n) is 3.74. The molecule has 0 saturated carbocycles. The van der Waals surface area contributed by atoms with Gasteiger partial charge in [0.25, 0.3) is 0 Å². The Hall–Kier alpha value is -1.16. The van der Waals surface area contributed by atoms with Gasteiger partial charge in [-0.3, -0.25) is 14.5 Å². The fourth-order valence-electron chi connectivity index (χ4n) is 2.90. The Morgan fingerprint density at radius 3 is 2.25 bits per heavy atom. The van der Waals surface area contributed by atoms with Crippen molar-refractivity contribution in [2.45, 2.75) is 32.0 Å². The van der Waals surface area contributed by atoms with Gasteiger partial charge in [-0.05, 0) is 6.42 Å². The Balaban J connectivity index is 1.83. The molecule has 3 aliphatic heterocycles. The summed E-state index contributed by atoms with van der Waals surface area (Å²) in [4.78, 5) is 25.6. The molecule has 4 unspecified atom stereocenters. The van der Waals surface area contributed by atoms with Gasteiger partial charge in [-0.1, -0.05) is 25.5 Å². The zero-order valence-electron chi connectivity index (χ0n) is 9.26. The first kappa shape index (κ1) is 10.0. The predicted octanol–water partition coefficient (Wildman–Crippen LogP) is 0.725. The van der Waals surface area contributed by atoms with E-state index in [1.54, 1.807) is 0 Å². The predicted molar refractivity (Wildman–Crippen MR) is 56.4 cm³/mol. The molecule has 0 spiro atoms. The SMILES string of the molecule is CCCCN1C(=O)C2C3C=CC(O3)C2C1=O. The molecule has 86 valence electrons. The lowest BCUT2D eigenvalue weighted by Gasteiger charge is -2.16. The fraction of sp³-hybridized carbons (Fsp3) is 0.667. The largest absolute Gasteiger partial charge is 0.365 e. The summed E-state index contributed by atoms with van der Waals surface area (Å²) < 4.78 is 5.55. The lowest BCUT2D eigenvalue weighted by molar-refractivity contribution is -0.142. The molecule has 0 radical (unpaired) electrons. The van der Waals surface area contributed by atoms with Crippen LogP contribution < -0.4 is 0 Å². The molecule has 4 heteroatoms. The van der Waals surface area contributed by atoms with Crippen LogP contribution in [0.4, 0.5) is 0 Å². The van der Waals surface area contributed by atoms with Gasteiger partial charge in [0.05, 0.1) is 24.0 Å². The van der Waals surface area contributed by atoms with Crippen molar-refractivity contribution >= 4 is 11.8 Å². The molecule has 2 amide bonds. The number of nitrogens with zero attached hydrogens (tertiary/aromatic N) is 1. The minimum absolute atomic E-state index is 0.0275. The molecule has 0 aromatic rings. The summed E-state index contributed by atoms with van der Waals surface area (Å²) in [6.45, 7) is 2.63. The number of unbranched alkanes of at least 4 members (excludes halogenated alkanes) is 1. The molecule has 3 heterocycles. The second-order valence-corrected chi connectivity index (χ2v) is 4.68. The van der Waals surface area contributed by atoms with Crippen molar-refractivity contribution in [1.29, 1.82) is 0 Å². The molecule has 3 rings (SSSR count). The average molecular weight is 221 g/mol. The van der Waals surface area contributed by atoms with Crippen molar-refractivity contribution in [1.82, 2.24) is 4.90 Å². The second kappa shape index (κ2) is 3.42. The Kier molecular flexibility index (Phi) is 2.14. The van der Waals surface area contributed by atoms with Crippen molar-refractivity contribution in [2.24, 2.45) is 11.8 Å². The third kappa shape index (κ3) is 1.13. The topological polar surface area (TPSA) is 46.6 Å². The maximum absolute atomic E-state index is 12.1. The van der Waals surface area contributed by atoms with Crippen molar-refractivity contribution in [3.63, 3.8) is 0 Å². The van der Waals surface area contributed by atoms with E-state index in [1.165, 1.54) is 4.90 Å². The van der Waals surface area contributed by atoms with Crippen molar-refractivity contribution in [3.8, 4) is 0 Å². The van der Waals surface area contributed by atoms with Crippen LogP contribution in [0.15, 0.2) is 12.2 Å². The van der Waals surface area contributed by atoms with E-state index in [0.717, 1.165) is 12.8 Å². The van der Waals surface area contributed by atoms with Crippen LogP contribution in [0.1, 0.15) is 19.8 Å². The first-order valence-corrected chi connectivity index (χ1v) is 5.93. The van der Waals surface area contributed by atoms with Crippen LogP contribution in [0, 0.1) is 11.8 Å². The van der Waals surface area contributed by atoms with Gasteiger partial charge in [-0.2, -0.15) is 0 Å². The number of hydrogen-bond acceptors (Lipinski definition) is 3. The van der Waals surface area contributed by atoms with E-state index in [9.17, 15) is 9.59 Å². The van der Waals surface area contributed by atoms with E-state index >= 15 is 0 Å². The number of rotatable bonds is 3. The maximum atomic E-state index is 12.1. The van der Waals surface area contributed by atoms with Gasteiger partial charge in [0.15, 0.2) is 0 Å². The number of imide groups is 1. The molecule has 2 saturated heterocycles. The van der Waals surface area contributed by atoms with Crippen molar-refractivity contribution in [3.05, 3.63) is 12.2 Å². The van der Waals surface area contributed by atoms with Crippen LogP contribution >= 0.6 is 0 Å². The summed E-state index contributed by atoms with van der Waals surface area (Å²) in [6, 6.07) is 0. The van der Waals surface area contributed by atoms with Crippen LogP contribution in [-0.4, -0.2) is 35.5 Å². The fourth-order valence-corrected chi connectivity index (χ4v) is 2.90. The molecule has 4 nitrogen and oxygen atoms in total. The molecular weight excluding hydrogens is 206 g/mol. The summed E-state index contributed by atoms with van der Waals surface area (Å²) in [5, 5.41) is 0. The molecule has 2 fully saturated rings. The summed E-state index contributed by atoms with van der Waals surface area (Å²) in [5.41, 5.74) is 0. The number of fused-ring (bicyclic) bond motifs is 5. The quantitative estimate of drug-likeness (QED) is 0.521. The summed E-state index contributed by atoms with van der Waals surface area (Å²) in [5.74, 6) is -0.528. The Morgan fingerprint density at radius 2 is 1.75 bits per heavy atom. The molecule has 0 N–H and O–H groups in total. The molecule has 4 atom stereocenters. The van der Waals surface area contributed by atoms with Gasteiger partial charge in [0.1, 0.15) is 0 Å². The van der Waals surface area contributed by atoms with Crippen LogP contribution in [0.25, 0.3) is 0 Å². The van der Waals surface area contributed by atoms with Gasteiger partial charge in [-0.15, -0.1) is 0 Å². The lowest BCUT2D eigenvalue weighted by atomic mass is 9.85. The second-order valence-electron chi connectivity index (χ2n) is 4.68. The van der Waals surface area contributed by atoms with E-state index in [1.807, 2.05) is 12.2 Å². The number of carbonyl (C=O) groups is 2. The first-order valence-electron chi connectivity index (χ1n) is 5.93. The molecular formula is C12H15NO3. The smallest absolute Gasteiger partial charge is 0.236 e. The summed E-state index contributed by atoms with van der Waals surface area (Å²) in [7, 11) is 0. The summed E-state index contributed by atoms with van der Waals surface area (Å²) >= 11 is 0. The molecule has 0 aromatic carbocycles. The highest BCUT2D eigenvalue weighted by atomic mass is 16.5. The Bertz CT molecular complexity index is 346. The van der Waals surface area contributed by atoms with E-state index in [2.05, 4.69) is 6.92 Å². The van der Waals surface area contributed by atoms with Crippen LogP contribution in [0.5, 0.6) is 0 Å². The van der Waals surface area contributed by atoms with Gasteiger partial charge < -0.3 is 4.74 Å². The number of ether oxygens (including phenoxy) is 1. The molecule has 2 bridgehead atoms. The van der Waals surface area contributed by atoms with E-state index in [0.29, 0.717) is 6.54 Å². The van der Waals surface area contributed by atoms with E-state index in [4.69, 9.17) is 4.74 Å². The molecule has 0 aliphatic carbocycles. The Morgan fingerprint density at radius 1 is 1.19 bits per heavy atom. The molecule has 3 aliphatic rings. The number of amides is 2. The van der Waals surface area contributed by atoms with Crippen LogP contribution in [0.3, 0.4) is 0 Å². The minimum Gasteiger partial charge on any atom is -0.365 e. The zero-order chi connectivity index (χ0) is 11.3. The lowest BCUT2D eigenvalue weighted by Crippen LogP contribution is -2.35. The van der Waals surface area contributed by atoms with Crippen molar-refractivity contribution in [2.75, 3.05) is 6.54 Å². The molecule has 16 heavy (non-hydrogen) atoms.